The van der Waals surface area contributed by atoms with Crippen LogP contribution in [0.1, 0.15) is 16.0 Å². The molecule has 0 N–H and O–H groups in total. The van der Waals surface area contributed by atoms with E-state index in [9.17, 15) is 4.39 Å². The first kappa shape index (κ1) is 13.9. The largest absolute Gasteiger partial charge is 0.497 e. The second-order valence-corrected chi connectivity index (χ2v) is 4.94. The predicted octanol–water partition coefficient (Wildman–Crippen LogP) is 4.33. The zero-order valence-corrected chi connectivity index (χ0v) is 12.3. The molecule has 2 nitrogen and oxygen atoms in total. The number of benzene rings is 2. The van der Waals surface area contributed by atoms with Crippen LogP contribution in [-0.2, 0) is 0 Å². The monoisotopic (exact) mass is 324 g/mol. The molecule has 0 radical (unpaired) electrons. The highest BCUT2D eigenvalue weighted by atomic mass is 79.9. The molecule has 19 heavy (non-hydrogen) atoms. The highest BCUT2D eigenvalue weighted by Crippen LogP contribution is 2.38. The van der Waals surface area contributed by atoms with Gasteiger partial charge in [-0.3, -0.25) is 0 Å². The van der Waals surface area contributed by atoms with Crippen LogP contribution in [0.25, 0.3) is 0 Å². The smallest absolute Gasteiger partial charge is 0.123 e. The van der Waals surface area contributed by atoms with Gasteiger partial charge in [0.15, 0.2) is 0 Å². The summed E-state index contributed by atoms with van der Waals surface area (Å²) >= 11 is 3.62. The van der Waals surface area contributed by atoms with Crippen LogP contribution >= 0.6 is 15.9 Å². The average molecular weight is 325 g/mol. The topological polar surface area (TPSA) is 18.5 Å². The van der Waals surface area contributed by atoms with Crippen LogP contribution in [0.2, 0.25) is 0 Å². The van der Waals surface area contributed by atoms with Gasteiger partial charge in [-0.2, -0.15) is 0 Å². The van der Waals surface area contributed by atoms with Gasteiger partial charge in [0, 0.05) is 5.56 Å². The summed E-state index contributed by atoms with van der Waals surface area (Å²) in [6, 6.07) is 12.0. The number of halogens is 2. The number of hydrogen-bond donors (Lipinski definition) is 0. The van der Waals surface area contributed by atoms with Gasteiger partial charge >= 0.3 is 0 Å². The summed E-state index contributed by atoms with van der Waals surface area (Å²) in [6.45, 7) is 0. The lowest BCUT2D eigenvalue weighted by atomic mass is 10.0. The van der Waals surface area contributed by atoms with Crippen LogP contribution < -0.4 is 9.47 Å². The number of alkyl halides is 1. The van der Waals surface area contributed by atoms with Gasteiger partial charge in [-0.25, -0.2) is 4.39 Å². The van der Waals surface area contributed by atoms with Crippen molar-refractivity contribution < 1.29 is 13.9 Å². The molecular formula is C15H14BrFO2. The first-order valence-electron chi connectivity index (χ1n) is 5.77. The third-order valence-corrected chi connectivity index (χ3v) is 3.89. The SMILES string of the molecule is COc1ccc(OC)c(C(Br)c2ccc(F)cc2)c1. The van der Waals surface area contributed by atoms with Gasteiger partial charge < -0.3 is 9.47 Å². The predicted molar refractivity (Wildman–Crippen MR) is 76.7 cm³/mol. The van der Waals surface area contributed by atoms with E-state index in [2.05, 4.69) is 15.9 Å². The third-order valence-electron chi connectivity index (χ3n) is 2.87. The minimum Gasteiger partial charge on any atom is -0.497 e. The molecule has 0 fully saturated rings. The highest BCUT2D eigenvalue weighted by Gasteiger charge is 2.16. The molecule has 2 rings (SSSR count). The van der Waals surface area contributed by atoms with Crippen molar-refractivity contribution in [3.63, 3.8) is 0 Å². The molecule has 0 aliphatic carbocycles. The van der Waals surface area contributed by atoms with Crippen molar-refractivity contribution >= 4 is 15.9 Å². The summed E-state index contributed by atoms with van der Waals surface area (Å²) in [5, 5.41) is 0. The Morgan fingerprint density at radius 2 is 1.68 bits per heavy atom. The van der Waals surface area contributed by atoms with E-state index >= 15 is 0 Å². The minimum absolute atomic E-state index is 0.0850. The maximum atomic E-state index is 13.0. The van der Waals surface area contributed by atoms with Crippen molar-refractivity contribution in [2.75, 3.05) is 14.2 Å². The fourth-order valence-corrected chi connectivity index (χ4v) is 2.51. The first-order valence-corrected chi connectivity index (χ1v) is 6.68. The first-order chi connectivity index (χ1) is 9.15. The minimum atomic E-state index is -0.249. The number of methoxy groups -OCH3 is 2. The van der Waals surface area contributed by atoms with Crippen molar-refractivity contribution in [3.05, 3.63) is 59.4 Å². The molecule has 100 valence electrons. The van der Waals surface area contributed by atoms with E-state index < -0.39 is 0 Å². The van der Waals surface area contributed by atoms with Gasteiger partial charge in [-0.15, -0.1) is 0 Å². The van der Waals surface area contributed by atoms with Crippen LogP contribution in [0.3, 0.4) is 0 Å². The Labute approximate surface area is 120 Å². The molecule has 0 spiro atoms. The van der Waals surface area contributed by atoms with Crippen LogP contribution in [0.4, 0.5) is 4.39 Å². The average Bonchev–Trinajstić information content (AvgIpc) is 2.46. The van der Waals surface area contributed by atoms with Crippen LogP contribution in [0, 0.1) is 5.82 Å². The van der Waals surface area contributed by atoms with E-state index in [0.717, 1.165) is 22.6 Å². The Morgan fingerprint density at radius 3 is 2.26 bits per heavy atom. The van der Waals surface area contributed by atoms with Crippen molar-refractivity contribution in [2.24, 2.45) is 0 Å². The van der Waals surface area contributed by atoms with Crippen molar-refractivity contribution in [3.8, 4) is 11.5 Å². The summed E-state index contributed by atoms with van der Waals surface area (Å²) in [6.07, 6.45) is 0. The third kappa shape index (κ3) is 3.07. The molecule has 0 aromatic heterocycles. The van der Waals surface area contributed by atoms with Gasteiger partial charge in [0.05, 0.1) is 19.0 Å². The molecule has 0 heterocycles. The fourth-order valence-electron chi connectivity index (χ4n) is 1.85. The Kier molecular flexibility index (Phi) is 4.43. The summed E-state index contributed by atoms with van der Waals surface area (Å²) in [5.74, 6) is 1.26. The standard InChI is InChI=1S/C15H14BrFO2/c1-18-12-7-8-14(19-2)13(9-12)15(16)10-3-5-11(17)6-4-10/h3-9,15H,1-2H3. The summed E-state index contributed by atoms with van der Waals surface area (Å²) in [5.41, 5.74) is 1.89. The van der Waals surface area contributed by atoms with Gasteiger partial charge in [0.25, 0.3) is 0 Å². The van der Waals surface area contributed by atoms with E-state index in [1.54, 1.807) is 26.4 Å². The fraction of sp³-hybridized carbons (Fsp3) is 0.200. The van der Waals surface area contributed by atoms with Crippen LogP contribution in [0.15, 0.2) is 42.5 Å². The van der Waals surface area contributed by atoms with Crippen molar-refractivity contribution in [1.82, 2.24) is 0 Å². The molecule has 0 saturated carbocycles. The summed E-state index contributed by atoms with van der Waals surface area (Å²) in [4.78, 5) is -0.0850. The normalized spacial score (nSPS) is 12.0. The van der Waals surface area contributed by atoms with Gasteiger partial charge in [0.2, 0.25) is 0 Å². The lowest BCUT2D eigenvalue weighted by Crippen LogP contribution is -1.98. The van der Waals surface area contributed by atoms with Crippen molar-refractivity contribution in [2.45, 2.75) is 4.83 Å². The van der Waals surface area contributed by atoms with Crippen molar-refractivity contribution in [1.29, 1.82) is 0 Å². The zero-order valence-electron chi connectivity index (χ0n) is 10.7. The van der Waals surface area contributed by atoms with Gasteiger partial charge in [-0.1, -0.05) is 28.1 Å². The quantitative estimate of drug-likeness (QED) is 0.779. The molecule has 0 amide bonds. The maximum Gasteiger partial charge on any atom is 0.123 e. The molecule has 4 heteroatoms. The van der Waals surface area contributed by atoms with Gasteiger partial charge in [-0.05, 0) is 35.9 Å². The Bertz CT molecular complexity index is 555. The summed E-state index contributed by atoms with van der Waals surface area (Å²) in [7, 11) is 3.24. The van der Waals surface area contributed by atoms with Crippen LogP contribution in [0.5, 0.6) is 11.5 Å². The molecular weight excluding hydrogens is 311 g/mol. The molecule has 0 aliphatic rings. The van der Waals surface area contributed by atoms with E-state index in [-0.39, 0.29) is 10.6 Å². The second kappa shape index (κ2) is 6.06. The van der Waals surface area contributed by atoms with E-state index in [4.69, 9.17) is 9.47 Å². The molecule has 2 aromatic carbocycles. The second-order valence-electron chi connectivity index (χ2n) is 4.02. The van der Waals surface area contributed by atoms with Gasteiger partial charge in [0.1, 0.15) is 17.3 Å². The molecule has 1 atom stereocenters. The molecule has 0 aliphatic heterocycles. The molecule has 0 saturated heterocycles. The highest BCUT2D eigenvalue weighted by molar-refractivity contribution is 9.09. The Morgan fingerprint density at radius 1 is 1.00 bits per heavy atom. The van der Waals surface area contributed by atoms with Crippen LogP contribution in [-0.4, -0.2) is 14.2 Å². The number of hydrogen-bond acceptors (Lipinski definition) is 2. The lowest BCUT2D eigenvalue weighted by molar-refractivity contribution is 0.399. The molecule has 0 bridgehead atoms. The Balaban J connectivity index is 2.41. The molecule has 2 aromatic rings. The summed E-state index contributed by atoms with van der Waals surface area (Å²) < 4.78 is 23.5. The Hall–Kier alpha value is -1.55. The number of ether oxygens (including phenoxy) is 2. The lowest BCUT2D eigenvalue weighted by Gasteiger charge is -2.16. The van der Waals surface area contributed by atoms with E-state index in [1.165, 1.54) is 12.1 Å². The van der Waals surface area contributed by atoms with E-state index in [1.807, 2.05) is 18.2 Å². The zero-order chi connectivity index (χ0) is 13.8. The number of rotatable bonds is 4. The van der Waals surface area contributed by atoms with E-state index in [0.29, 0.717) is 0 Å². The maximum absolute atomic E-state index is 13.0. The molecule has 1 unspecified atom stereocenters.